The Kier molecular flexibility index (Phi) is 7.33. The highest BCUT2D eigenvalue weighted by atomic mass is 35.5. The Hall–Kier alpha value is -2.16. The fourth-order valence-electron chi connectivity index (χ4n) is 3.28. The Balaban J connectivity index is 1.51. The van der Waals surface area contributed by atoms with Crippen LogP contribution in [0.15, 0.2) is 47.4 Å². The van der Waals surface area contributed by atoms with Crippen LogP contribution in [0.5, 0.6) is 5.75 Å². The number of nitrogens with zero attached hydrogens (tertiary/aromatic N) is 1. The Bertz CT molecular complexity index is 999. The van der Waals surface area contributed by atoms with Crippen LogP contribution in [0.1, 0.15) is 18.4 Å². The van der Waals surface area contributed by atoms with E-state index in [0.717, 1.165) is 17.7 Å². The number of carbonyl (C=O) groups is 1. The molecule has 0 aromatic heterocycles. The van der Waals surface area contributed by atoms with Gasteiger partial charge in [-0.15, -0.1) is 0 Å². The molecule has 3 rings (SSSR count). The van der Waals surface area contributed by atoms with E-state index in [1.807, 2.05) is 19.1 Å². The lowest BCUT2D eigenvalue weighted by atomic mass is 9.99. The van der Waals surface area contributed by atoms with Gasteiger partial charge in [0.2, 0.25) is 15.9 Å². The molecule has 1 saturated heterocycles. The first kappa shape index (κ1) is 22.5. The lowest BCUT2D eigenvalue weighted by molar-refractivity contribution is -0.126. The SMILES string of the molecule is Cc1ccc(OCCNC(=O)[C@@H]2CCCN(S(=O)(=O)c3ccc(F)cc3)C2)cc1Cl. The zero-order valence-electron chi connectivity index (χ0n) is 16.6. The zero-order valence-corrected chi connectivity index (χ0v) is 18.2. The van der Waals surface area contributed by atoms with Crippen molar-refractivity contribution < 1.29 is 22.3 Å². The number of aryl methyl sites for hydroxylation is 1. The second-order valence-corrected chi connectivity index (χ2v) is 9.55. The lowest BCUT2D eigenvalue weighted by Crippen LogP contribution is -2.45. The number of benzene rings is 2. The minimum Gasteiger partial charge on any atom is -0.492 e. The number of amides is 1. The van der Waals surface area contributed by atoms with E-state index >= 15 is 0 Å². The normalized spacial score (nSPS) is 17.5. The summed E-state index contributed by atoms with van der Waals surface area (Å²) in [4.78, 5) is 12.5. The fraction of sp³-hybridized carbons (Fsp3) is 0.381. The smallest absolute Gasteiger partial charge is 0.243 e. The second kappa shape index (κ2) is 9.76. The topological polar surface area (TPSA) is 75.7 Å². The number of hydrogen-bond acceptors (Lipinski definition) is 4. The van der Waals surface area contributed by atoms with Crippen molar-refractivity contribution in [2.45, 2.75) is 24.7 Å². The summed E-state index contributed by atoms with van der Waals surface area (Å²) < 4.78 is 45.5. The van der Waals surface area contributed by atoms with E-state index in [0.29, 0.717) is 36.7 Å². The summed E-state index contributed by atoms with van der Waals surface area (Å²) in [7, 11) is -3.76. The maximum Gasteiger partial charge on any atom is 0.243 e. The van der Waals surface area contributed by atoms with Gasteiger partial charge in [0.1, 0.15) is 18.2 Å². The highest BCUT2D eigenvalue weighted by Crippen LogP contribution is 2.24. The molecule has 162 valence electrons. The number of rotatable bonds is 7. The molecule has 0 aliphatic carbocycles. The van der Waals surface area contributed by atoms with Crippen LogP contribution in [0, 0.1) is 18.7 Å². The van der Waals surface area contributed by atoms with Gasteiger partial charge in [-0.05, 0) is 61.7 Å². The Morgan fingerprint density at radius 3 is 2.70 bits per heavy atom. The first-order chi connectivity index (χ1) is 14.3. The molecule has 1 amide bonds. The number of hydrogen-bond donors (Lipinski definition) is 1. The molecular weight excluding hydrogens is 431 g/mol. The molecule has 2 aromatic carbocycles. The van der Waals surface area contributed by atoms with Crippen molar-refractivity contribution in [2.75, 3.05) is 26.2 Å². The third kappa shape index (κ3) is 5.50. The summed E-state index contributed by atoms with van der Waals surface area (Å²) in [5, 5.41) is 3.41. The maximum atomic E-state index is 13.1. The first-order valence-corrected chi connectivity index (χ1v) is 11.5. The largest absolute Gasteiger partial charge is 0.492 e. The van der Waals surface area contributed by atoms with Gasteiger partial charge in [0.05, 0.1) is 17.4 Å². The summed E-state index contributed by atoms with van der Waals surface area (Å²) in [5.74, 6) is -0.531. The third-order valence-corrected chi connectivity index (χ3v) is 7.31. The van der Waals surface area contributed by atoms with E-state index in [-0.39, 0.29) is 24.0 Å². The number of ether oxygens (including phenoxy) is 1. The highest BCUT2D eigenvalue weighted by Gasteiger charge is 2.33. The number of piperidine rings is 1. The van der Waals surface area contributed by atoms with Gasteiger partial charge in [-0.2, -0.15) is 4.31 Å². The molecule has 0 bridgehead atoms. The number of carbonyl (C=O) groups excluding carboxylic acids is 1. The van der Waals surface area contributed by atoms with Crippen LogP contribution in [0.4, 0.5) is 4.39 Å². The van der Waals surface area contributed by atoms with Crippen LogP contribution in [-0.2, 0) is 14.8 Å². The summed E-state index contributed by atoms with van der Waals surface area (Å²) in [6.07, 6.45) is 1.19. The van der Waals surface area contributed by atoms with Crippen LogP contribution >= 0.6 is 11.6 Å². The molecule has 0 saturated carbocycles. The zero-order chi connectivity index (χ0) is 21.7. The minimum atomic E-state index is -3.76. The average molecular weight is 455 g/mol. The molecule has 1 N–H and O–H groups in total. The van der Waals surface area contributed by atoms with Crippen LogP contribution in [0.25, 0.3) is 0 Å². The molecular formula is C21H24ClFN2O4S. The van der Waals surface area contributed by atoms with Gasteiger partial charge in [0.15, 0.2) is 0 Å². The molecule has 30 heavy (non-hydrogen) atoms. The summed E-state index contributed by atoms with van der Waals surface area (Å²) in [5.41, 5.74) is 0.953. The predicted octanol–water partition coefficient (Wildman–Crippen LogP) is 3.38. The first-order valence-electron chi connectivity index (χ1n) is 9.70. The Morgan fingerprint density at radius 2 is 2.00 bits per heavy atom. The van der Waals surface area contributed by atoms with Gasteiger partial charge in [-0.1, -0.05) is 17.7 Å². The van der Waals surface area contributed by atoms with Crippen molar-refractivity contribution in [2.24, 2.45) is 5.92 Å². The van der Waals surface area contributed by atoms with Gasteiger partial charge >= 0.3 is 0 Å². The van der Waals surface area contributed by atoms with Crippen molar-refractivity contribution in [1.29, 1.82) is 0 Å². The summed E-state index contributed by atoms with van der Waals surface area (Å²) in [6, 6.07) is 10.1. The van der Waals surface area contributed by atoms with Gasteiger partial charge in [-0.3, -0.25) is 4.79 Å². The Morgan fingerprint density at radius 1 is 1.27 bits per heavy atom. The quantitative estimate of drug-likeness (QED) is 0.651. The maximum absolute atomic E-state index is 13.1. The van der Waals surface area contributed by atoms with Crippen molar-refractivity contribution >= 4 is 27.5 Å². The summed E-state index contributed by atoms with van der Waals surface area (Å²) in [6.45, 7) is 2.90. The molecule has 2 aromatic rings. The van der Waals surface area contributed by atoms with Crippen molar-refractivity contribution in [3.05, 3.63) is 58.9 Å². The van der Waals surface area contributed by atoms with Gasteiger partial charge < -0.3 is 10.1 Å². The molecule has 0 radical (unpaired) electrons. The van der Waals surface area contributed by atoms with E-state index in [1.54, 1.807) is 6.07 Å². The van der Waals surface area contributed by atoms with Crippen LogP contribution in [-0.4, -0.2) is 44.9 Å². The number of nitrogens with one attached hydrogen (secondary N) is 1. The molecule has 1 atom stereocenters. The molecule has 1 aliphatic rings. The van der Waals surface area contributed by atoms with E-state index in [4.69, 9.17) is 16.3 Å². The molecule has 0 spiro atoms. The predicted molar refractivity (Wildman–Crippen MR) is 113 cm³/mol. The van der Waals surface area contributed by atoms with Crippen LogP contribution in [0.3, 0.4) is 0 Å². The Labute approximate surface area is 181 Å². The number of halogens is 2. The van der Waals surface area contributed by atoms with Gasteiger partial charge in [0, 0.05) is 18.1 Å². The fourth-order valence-corrected chi connectivity index (χ4v) is 4.98. The van der Waals surface area contributed by atoms with E-state index in [2.05, 4.69) is 5.32 Å². The van der Waals surface area contributed by atoms with Gasteiger partial charge in [0.25, 0.3) is 0 Å². The monoisotopic (exact) mass is 454 g/mol. The molecule has 6 nitrogen and oxygen atoms in total. The standard InChI is InChI=1S/C21H24ClFN2O4S/c1-15-4-7-18(13-20(15)22)29-12-10-24-21(26)16-3-2-11-25(14-16)30(27,28)19-8-5-17(23)6-9-19/h4-9,13,16H,2-3,10-12,14H2,1H3,(H,24,26)/t16-/m1/s1. The van der Waals surface area contributed by atoms with Gasteiger partial charge in [-0.25, -0.2) is 12.8 Å². The lowest BCUT2D eigenvalue weighted by Gasteiger charge is -2.31. The van der Waals surface area contributed by atoms with Crippen molar-refractivity contribution in [3.8, 4) is 5.75 Å². The second-order valence-electron chi connectivity index (χ2n) is 7.21. The third-order valence-electron chi connectivity index (χ3n) is 5.02. The van der Waals surface area contributed by atoms with Crippen molar-refractivity contribution in [1.82, 2.24) is 9.62 Å². The average Bonchev–Trinajstić information content (AvgIpc) is 2.74. The van der Waals surface area contributed by atoms with Crippen LogP contribution in [0.2, 0.25) is 5.02 Å². The molecule has 0 unspecified atom stereocenters. The molecule has 1 heterocycles. The van der Waals surface area contributed by atoms with E-state index in [1.165, 1.54) is 16.4 Å². The van der Waals surface area contributed by atoms with E-state index < -0.39 is 21.8 Å². The van der Waals surface area contributed by atoms with E-state index in [9.17, 15) is 17.6 Å². The molecule has 1 fully saturated rings. The summed E-state index contributed by atoms with van der Waals surface area (Å²) >= 11 is 6.06. The molecule has 1 aliphatic heterocycles. The minimum absolute atomic E-state index is 0.0233. The number of sulfonamides is 1. The van der Waals surface area contributed by atoms with Crippen LogP contribution < -0.4 is 10.1 Å². The molecule has 9 heteroatoms. The highest BCUT2D eigenvalue weighted by molar-refractivity contribution is 7.89. The van der Waals surface area contributed by atoms with Crippen molar-refractivity contribution in [3.63, 3.8) is 0 Å².